The lowest BCUT2D eigenvalue weighted by Gasteiger charge is -2.34. The maximum atomic E-state index is 12.2. The van der Waals surface area contributed by atoms with Crippen LogP contribution >= 0.6 is 0 Å². The van der Waals surface area contributed by atoms with Crippen molar-refractivity contribution in [2.45, 2.75) is 33.6 Å². The van der Waals surface area contributed by atoms with Gasteiger partial charge in [-0.25, -0.2) is 8.42 Å². The third-order valence-electron chi connectivity index (χ3n) is 4.44. The zero-order chi connectivity index (χ0) is 17.6. The molecule has 1 fully saturated rings. The van der Waals surface area contributed by atoms with Gasteiger partial charge in [-0.15, -0.1) is 10.2 Å². The van der Waals surface area contributed by atoms with Gasteiger partial charge in [-0.3, -0.25) is 0 Å². The van der Waals surface area contributed by atoms with Crippen LogP contribution in [0.1, 0.15) is 33.6 Å². The Kier molecular flexibility index (Phi) is 6.79. The van der Waals surface area contributed by atoms with E-state index >= 15 is 0 Å². The van der Waals surface area contributed by atoms with Crippen LogP contribution in [0.4, 0.5) is 11.6 Å². The van der Waals surface area contributed by atoms with Crippen molar-refractivity contribution in [3.8, 4) is 0 Å². The Labute approximate surface area is 145 Å². The minimum Gasteiger partial charge on any atom is -0.356 e. The maximum Gasteiger partial charge on any atom is 0.214 e. The number of anilines is 2. The van der Waals surface area contributed by atoms with Gasteiger partial charge in [-0.1, -0.05) is 13.3 Å². The number of unbranched alkanes of at least 4 members (excludes halogenated alkanes) is 1. The van der Waals surface area contributed by atoms with E-state index in [2.05, 4.69) is 33.8 Å². The van der Waals surface area contributed by atoms with Gasteiger partial charge in [0.1, 0.15) is 0 Å². The van der Waals surface area contributed by atoms with Crippen molar-refractivity contribution < 1.29 is 8.42 Å². The minimum atomic E-state index is -3.11. The highest BCUT2D eigenvalue weighted by Crippen LogP contribution is 2.18. The number of aromatic nitrogens is 2. The van der Waals surface area contributed by atoms with Gasteiger partial charge in [-0.05, 0) is 32.4 Å². The summed E-state index contributed by atoms with van der Waals surface area (Å²) in [5.74, 6) is 1.95. The van der Waals surface area contributed by atoms with E-state index in [1.54, 1.807) is 4.31 Å². The summed E-state index contributed by atoms with van der Waals surface area (Å²) in [4.78, 5) is 4.25. The molecule has 1 aliphatic heterocycles. The monoisotopic (exact) mass is 355 g/mol. The van der Waals surface area contributed by atoms with Gasteiger partial charge in [0.05, 0.1) is 5.75 Å². The molecule has 0 atom stereocenters. The lowest BCUT2D eigenvalue weighted by molar-refractivity contribution is 0.383. The molecule has 0 aromatic carbocycles. The zero-order valence-corrected chi connectivity index (χ0v) is 15.8. The summed E-state index contributed by atoms with van der Waals surface area (Å²) in [6.45, 7) is 10.4. The fourth-order valence-electron chi connectivity index (χ4n) is 2.85. The minimum absolute atomic E-state index is 0.252. The van der Waals surface area contributed by atoms with Gasteiger partial charge in [0.2, 0.25) is 10.0 Å². The van der Waals surface area contributed by atoms with Crippen LogP contribution in [-0.2, 0) is 10.0 Å². The highest BCUT2D eigenvalue weighted by atomic mass is 32.2. The van der Waals surface area contributed by atoms with E-state index in [1.807, 2.05) is 19.1 Å². The van der Waals surface area contributed by atoms with Crippen molar-refractivity contribution in [2.75, 3.05) is 54.8 Å². The molecule has 7 nitrogen and oxygen atoms in total. The van der Waals surface area contributed by atoms with Gasteiger partial charge in [0.25, 0.3) is 0 Å². The second-order valence-corrected chi connectivity index (χ2v) is 8.07. The number of hydrogen-bond donors (Lipinski definition) is 0. The van der Waals surface area contributed by atoms with Crippen molar-refractivity contribution in [3.63, 3.8) is 0 Å². The summed E-state index contributed by atoms with van der Waals surface area (Å²) >= 11 is 0. The van der Waals surface area contributed by atoms with E-state index in [4.69, 9.17) is 0 Å². The summed E-state index contributed by atoms with van der Waals surface area (Å²) in [6, 6.07) is 3.96. The van der Waals surface area contributed by atoms with Crippen molar-refractivity contribution in [3.05, 3.63) is 12.1 Å². The average molecular weight is 356 g/mol. The Morgan fingerprint density at radius 2 is 1.71 bits per heavy atom. The Bertz CT molecular complexity index is 593. The molecular weight excluding hydrogens is 326 g/mol. The molecule has 0 N–H and O–H groups in total. The largest absolute Gasteiger partial charge is 0.356 e. The fraction of sp³-hybridized carbons (Fsp3) is 0.750. The predicted octanol–water partition coefficient (Wildman–Crippen LogP) is 1.57. The summed E-state index contributed by atoms with van der Waals surface area (Å²) in [7, 11) is -3.11. The molecule has 1 saturated heterocycles. The smallest absolute Gasteiger partial charge is 0.214 e. The van der Waals surface area contributed by atoms with Gasteiger partial charge in [-0.2, -0.15) is 4.31 Å². The van der Waals surface area contributed by atoms with Crippen LogP contribution in [0.15, 0.2) is 12.1 Å². The molecule has 0 unspecified atom stereocenters. The molecule has 2 rings (SSSR count). The first-order valence-electron chi connectivity index (χ1n) is 8.83. The second kappa shape index (κ2) is 8.62. The quantitative estimate of drug-likeness (QED) is 0.705. The first-order valence-corrected chi connectivity index (χ1v) is 10.4. The van der Waals surface area contributed by atoms with Gasteiger partial charge in [0, 0.05) is 39.3 Å². The molecule has 1 aromatic rings. The highest BCUT2D eigenvalue weighted by molar-refractivity contribution is 7.89. The zero-order valence-electron chi connectivity index (χ0n) is 15.0. The van der Waals surface area contributed by atoms with Crippen LogP contribution in [-0.4, -0.2) is 67.9 Å². The summed E-state index contributed by atoms with van der Waals surface area (Å²) in [5.41, 5.74) is 0. The summed E-state index contributed by atoms with van der Waals surface area (Å²) in [6.07, 6.45) is 1.62. The van der Waals surface area contributed by atoms with Crippen LogP contribution in [0.2, 0.25) is 0 Å². The normalized spacial score (nSPS) is 16.4. The van der Waals surface area contributed by atoms with Crippen molar-refractivity contribution in [1.29, 1.82) is 0 Å². The van der Waals surface area contributed by atoms with Gasteiger partial charge >= 0.3 is 0 Å². The van der Waals surface area contributed by atoms with Crippen molar-refractivity contribution in [2.24, 2.45) is 0 Å². The third-order valence-corrected chi connectivity index (χ3v) is 6.39. The molecule has 0 spiro atoms. The molecule has 0 bridgehead atoms. The molecule has 1 aromatic heterocycles. The Morgan fingerprint density at radius 1 is 1.04 bits per heavy atom. The molecule has 8 heteroatoms. The maximum absolute atomic E-state index is 12.2. The molecule has 136 valence electrons. The second-order valence-electron chi connectivity index (χ2n) is 5.98. The Morgan fingerprint density at radius 3 is 2.21 bits per heavy atom. The van der Waals surface area contributed by atoms with Crippen LogP contribution in [0.25, 0.3) is 0 Å². The molecule has 0 amide bonds. The first kappa shape index (κ1) is 18.9. The molecule has 1 aliphatic rings. The van der Waals surface area contributed by atoms with Crippen LogP contribution < -0.4 is 9.80 Å². The predicted molar refractivity (Wildman–Crippen MR) is 98.1 cm³/mol. The van der Waals surface area contributed by atoms with Crippen LogP contribution in [0.3, 0.4) is 0 Å². The molecule has 2 heterocycles. The molecule has 24 heavy (non-hydrogen) atoms. The fourth-order valence-corrected chi connectivity index (χ4v) is 4.49. The van der Waals surface area contributed by atoms with Crippen LogP contribution in [0, 0.1) is 0 Å². The van der Waals surface area contributed by atoms with E-state index in [-0.39, 0.29) is 5.75 Å². The lowest BCUT2D eigenvalue weighted by atomic mass is 10.3. The summed E-state index contributed by atoms with van der Waals surface area (Å²) < 4.78 is 26.1. The lowest BCUT2D eigenvalue weighted by Crippen LogP contribution is -2.49. The molecule has 0 radical (unpaired) electrons. The Hall–Kier alpha value is -1.41. The summed E-state index contributed by atoms with van der Waals surface area (Å²) in [5, 5.41) is 8.63. The van der Waals surface area contributed by atoms with Gasteiger partial charge in [0.15, 0.2) is 11.6 Å². The third kappa shape index (κ3) is 4.57. The van der Waals surface area contributed by atoms with Crippen molar-refractivity contribution >= 4 is 21.7 Å². The SMILES string of the molecule is CCCCS(=O)(=O)N1CCN(c2ccc(N(CC)CC)nn2)CC1. The van der Waals surface area contributed by atoms with Gasteiger partial charge < -0.3 is 9.80 Å². The number of sulfonamides is 1. The Balaban J connectivity index is 1.95. The van der Waals surface area contributed by atoms with E-state index in [1.165, 1.54) is 0 Å². The molecule has 0 aliphatic carbocycles. The highest BCUT2D eigenvalue weighted by Gasteiger charge is 2.27. The number of nitrogens with zero attached hydrogens (tertiary/aromatic N) is 5. The van der Waals surface area contributed by atoms with E-state index < -0.39 is 10.0 Å². The number of rotatable bonds is 8. The topological polar surface area (TPSA) is 69.6 Å². The van der Waals surface area contributed by atoms with E-state index in [9.17, 15) is 8.42 Å². The number of hydrogen-bond acceptors (Lipinski definition) is 6. The van der Waals surface area contributed by atoms with Crippen molar-refractivity contribution in [1.82, 2.24) is 14.5 Å². The van der Waals surface area contributed by atoms with Crippen LogP contribution in [0.5, 0.6) is 0 Å². The standard InChI is InChI=1S/C16H29N5O2S/c1-4-7-14-24(22,23)21-12-10-20(11-13-21)16-9-8-15(17-18-16)19(5-2)6-3/h8-9H,4-7,10-14H2,1-3H3. The first-order chi connectivity index (χ1) is 11.5. The number of piperazine rings is 1. The average Bonchev–Trinajstić information content (AvgIpc) is 2.62. The molecular formula is C16H29N5O2S. The van der Waals surface area contributed by atoms with E-state index in [0.717, 1.165) is 37.6 Å². The van der Waals surface area contributed by atoms with E-state index in [0.29, 0.717) is 26.2 Å². The molecule has 0 saturated carbocycles.